The molecule has 0 aliphatic carbocycles. The Morgan fingerprint density at radius 2 is 2.05 bits per heavy atom. The highest BCUT2D eigenvalue weighted by Gasteiger charge is 2.10. The molecule has 0 atom stereocenters. The first-order valence-electron chi connectivity index (χ1n) is 6.25. The summed E-state index contributed by atoms with van der Waals surface area (Å²) in [5.74, 6) is -1.05. The Morgan fingerprint density at radius 1 is 1.29 bits per heavy atom. The molecule has 0 spiro atoms. The van der Waals surface area contributed by atoms with Crippen LogP contribution in [0.25, 0.3) is 6.08 Å². The third-order valence-corrected chi connectivity index (χ3v) is 2.73. The van der Waals surface area contributed by atoms with E-state index in [0.717, 1.165) is 0 Å². The smallest absolute Gasteiger partial charge is 0.262 e. The van der Waals surface area contributed by atoms with E-state index in [9.17, 15) is 9.18 Å². The summed E-state index contributed by atoms with van der Waals surface area (Å²) in [5, 5.41) is 11.6. The van der Waals surface area contributed by atoms with Crippen LogP contribution in [0.2, 0.25) is 0 Å². The Kier molecular flexibility index (Phi) is 4.78. The van der Waals surface area contributed by atoms with Crippen molar-refractivity contribution in [3.8, 4) is 6.07 Å². The number of benzene rings is 1. The van der Waals surface area contributed by atoms with E-state index >= 15 is 0 Å². The summed E-state index contributed by atoms with van der Waals surface area (Å²) in [4.78, 5) is 16.0. The van der Waals surface area contributed by atoms with Gasteiger partial charge in [-0.05, 0) is 24.3 Å². The van der Waals surface area contributed by atoms with Gasteiger partial charge in [-0.15, -0.1) is 0 Å². The summed E-state index contributed by atoms with van der Waals surface area (Å²) >= 11 is 0. The van der Waals surface area contributed by atoms with Crippen molar-refractivity contribution < 1.29 is 9.18 Å². The van der Waals surface area contributed by atoms with Gasteiger partial charge in [-0.1, -0.05) is 24.3 Å². The number of rotatable bonds is 4. The van der Waals surface area contributed by atoms with Gasteiger partial charge in [0.1, 0.15) is 17.5 Å². The Bertz CT molecular complexity index is 705. The summed E-state index contributed by atoms with van der Waals surface area (Å²) in [6, 6.07) is 13.0. The number of carbonyl (C=O) groups excluding carboxylic acids is 1. The highest BCUT2D eigenvalue weighted by atomic mass is 19.1. The van der Waals surface area contributed by atoms with Gasteiger partial charge in [-0.25, -0.2) is 4.39 Å². The van der Waals surface area contributed by atoms with E-state index in [4.69, 9.17) is 5.26 Å². The van der Waals surface area contributed by atoms with Crippen LogP contribution >= 0.6 is 0 Å². The molecule has 104 valence electrons. The number of hydrogen-bond donors (Lipinski definition) is 1. The lowest BCUT2D eigenvalue weighted by molar-refractivity contribution is -0.117. The van der Waals surface area contributed by atoms with Gasteiger partial charge in [0, 0.05) is 11.8 Å². The summed E-state index contributed by atoms with van der Waals surface area (Å²) in [6.45, 7) is 0.204. The van der Waals surface area contributed by atoms with E-state index in [0.29, 0.717) is 5.69 Å². The van der Waals surface area contributed by atoms with E-state index < -0.39 is 11.7 Å². The van der Waals surface area contributed by atoms with Gasteiger partial charge in [-0.2, -0.15) is 5.26 Å². The maximum Gasteiger partial charge on any atom is 0.262 e. The Morgan fingerprint density at radius 3 is 2.71 bits per heavy atom. The van der Waals surface area contributed by atoms with E-state index in [1.54, 1.807) is 42.6 Å². The predicted molar refractivity (Wildman–Crippen MR) is 76.1 cm³/mol. The van der Waals surface area contributed by atoms with Gasteiger partial charge in [0.25, 0.3) is 5.91 Å². The standard InChI is InChI=1S/C16H12FN3O/c17-15-7-2-1-5-12(15)9-13(10-18)16(21)20-11-14-6-3-4-8-19-14/h1-9H,11H2,(H,20,21)/b13-9+. The molecule has 5 heteroatoms. The van der Waals surface area contributed by atoms with Crippen LogP contribution in [-0.2, 0) is 11.3 Å². The molecule has 0 saturated heterocycles. The van der Waals surface area contributed by atoms with Crippen LogP contribution in [-0.4, -0.2) is 10.9 Å². The summed E-state index contributed by atoms with van der Waals surface area (Å²) in [5.41, 5.74) is 0.715. The zero-order valence-electron chi connectivity index (χ0n) is 11.1. The van der Waals surface area contributed by atoms with E-state index in [2.05, 4.69) is 10.3 Å². The summed E-state index contributed by atoms with van der Waals surface area (Å²) in [7, 11) is 0. The molecule has 0 bridgehead atoms. The zero-order valence-corrected chi connectivity index (χ0v) is 11.1. The molecule has 1 aromatic carbocycles. The number of amides is 1. The number of carbonyl (C=O) groups is 1. The maximum atomic E-state index is 13.5. The molecule has 0 fully saturated rings. The monoisotopic (exact) mass is 281 g/mol. The number of aromatic nitrogens is 1. The Hall–Kier alpha value is -3.00. The summed E-state index contributed by atoms with van der Waals surface area (Å²) in [6.07, 6.45) is 2.84. The second-order valence-corrected chi connectivity index (χ2v) is 4.20. The quantitative estimate of drug-likeness (QED) is 0.691. The Balaban J connectivity index is 2.09. The largest absolute Gasteiger partial charge is 0.346 e. The van der Waals surface area contributed by atoms with Crippen molar-refractivity contribution in [3.63, 3.8) is 0 Å². The third-order valence-electron chi connectivity index (χ3n) is 2.73. The molecular formula is C16H12FN3O. The lowest BCUT2D eigenvalue weighted by Gasteiger charge is -2.04. The van der Waals surface area contributed by atoms with Gasteiger partial charge in [0.2, 0.25) is 0 Å². The zero-order chi connectivity index (χ0) is 15.1. The second kappa shape index (κ2) is 6.96. The van der Waals surface area contributed by atoms with Crippen molar-refractivity contribution in [3.05, 3.63) is 71.3 Å². The number of hydrogen-bond acceptors (Lipinski definition) is 3. The first kappa shape index (κ1) is 14.4. The van der Waals surface area contributed by atoms with Crippen LogP contribution < -0.4 is 5.32 Å². The lowest BCUT2D eigenvalue weighted by atomic mass is 10.1. The number of pyridine rings is 1. The topological polar surface area (TPSA) is 65.8 Å². The van der Waals surface area contributed by atoms with Crippen molar-refractivity contribution in [1.29, 1.82) is 5.26 Å². The molecule has 0 radical (unpaired) electrons. The molecule has 0 unspecified atom stereocenters. The van der Waals surface area contributed by atoms with Gasteiger partial charge < -0.3 is 5.32 Å². The third kappa shape index (κ3) is 3.98. The van der Waals surface area contributed by atoms with Crippen molar-refractivity contribution in [1.82, 2.24) is 10.3 Å². The fraction of sp³-hybridized carbons (Fsp3) is 0.0625. The molecule has 1 aromatic heterocycles. The predicted octanol–water partition coefficient (Wildman–Crippen LogP) is 2.44. The fourth-order valence-electron chi connectivity index (χ4n) is 1.67. The summed E-state index contributed by atoms with van der Waals surface area (Å²) < 4.78 is 13.5. The molecule has 4 nitrogen and oxygen atoms in total. The molecule has 0 aliphatic rings. The van der Waals surface area contributed by atoms with Gasteiger partial charge in [-0.3, -0.25) is 9.78 Å². The number of halogens is 1. The van der Waals surface area contributed by atoms with Gasteiger partial charge in [0.15, 0.2) is 0 Å². The van der Waals surface area contributed by atoms with Gasteiger partial charge in [0.05, 0.1) is 12.2 Å². The minimum Gasteiger partial charge on any atom is -0.346 e. The fourth-order valence-corrected chi connectivity index (χ4v) is 1.67. The first-order valence-corrected chi connectivity index (χ1v) is 6.25. The average Bonchev–Trinajstić information content (AvgIpc) is 2.53. The average molecular weight is 281 g/mol. The maximum absolute atomic E-state index is 13.5. The van der Waals surface area contributed by atoms with Crippen LogP contribution in [0.1, 0.15) is 11.3 Å². The molecule has 21 heavy (non-hydrogen) atoms. The molecule has 1 N–H and O–H groups in total. The molecule has 1 amide bonds. The number of nitriles is 1. The van der Waals surface area contributed by atoms with Gasteiger partial charge >= 0.3 is 0 Å². The van der Waals surface area contributed by atoms with E-state index in [-0.39, 0.29) is 17.7 Å². The molecule has 2 rings (SSSR count). The van der Waals surface area contributed by atoms with Crippen LogP contribution in [0.3, 0.4) is 0 Å². The van der Waals surface area contributed by atoms with Crippen molar-refractivity contribution in [2.45, 2.75) is 6.54 Å². The SMILES string of the molecule is N#C/C(=C\c1ccccc1F)C(=O)NCc1ccccn1. The molecule has 2 aromatic rings. The van der Waals surface area contributed by atoms with Crippen molar-refractivity contribution in [2.24, 2.45) is 0 Å². The van der Waals surface area contributed by atoms with Crippen LogP contribution in [0.5, 0.6) is 0 Å². The molecule has 0 saturated carbocycles. The molecular weight excluding hydrogens is 269 g/mol. The van der Waals surface area contributed by atoms with Crippen LogP contribution in [0.15, 0.2) is 54.2 Å². The van der Waals surface area contributed by atoms with Crippen LogP contribution in [0, 0.1) is 17.1 Å². The normalized spacial score (nSPS) is 10.8. The van der Waals surface area contributed by atoms with E-state index in [1.807, 2.05) is 0 Å². The number of nitrogens with zero attached hydrogens (tertiary/aromatic N) is 2. The number of nitrogens with one attached hydrogen (secondary N) is 1. The lowest BCUT2D eigenvalue weighted by Crippen LogP contribution is -2.24. The molecule has 1 heterocycles. The highest BCUT2D eigenvalue weighted by Crippen LogP contribution is 2.11. The first-order chi connectivity index (χ1) is 10.2. The Labute approximate surface area is 121 Å². The minimum absolute atomic E-state index is 0.156. The van der Waals surface area contributed by atoms with Crippen LogP contribution in [0.4, 0.5) is 4.39 Å². The van der Waals surface area contributed by atoms with Crippen molar-refractivity contribution in [2.75, 3.05) is 0 Å². The van der Waals surface area contributed by atoms with E-state index in [1.165, 1.54) is 18.2 Å². The van der Waals surface area contributed by atoms with Crippen molar-refractivity contribution >= 4 is 12.0 Å². The minimum atomic E-state index is -0.564. The molecule has 0 aliphatic heterocycles. The highest BCUT2D eigenvalue weighted by molar-refractivity contribution is 6.01. The second-order valence-electron chi connectivity index (χ2n) is 4.20.